The Kier molecular flexibility index (Phi) is 4.48. The van der Waals surface area contributed by atoms with Gasteiger partial charge >= 0.3 is 0 Å². The van der Waals surface area contributed by atoms with Crippen molar-refractivity contribution in [2.24, 2.45) is 0 Å². The fourth-order valence-electron chi connectivity index (χ4n) is 1.63. The van der Waals surface area contributed by atoms with Gasteiger partial charge in [0.1, 0.15) is 12.4 Å². The summed E-state index contributed by atoms with van der Waals surface area (Å²) in [4.78, 5) is 11.4. The largest absolute Gasteiger partial charge is 0.486 e. The second-order valence-electron chi connectivity index (χ2n) is 4.16. The lowest BCUT2D eigenvalue weighted by Gasteiger charge is -2.11. The van der Waals surface area contributed by atoms with Crippen molar-refractivity contribution in [1.82, 2.24) is 4.73 Å². The van der Waals surface area contributed by atoms with E-state index in [-0.39, 0.29) is 6.61 Å². The van der Waals surface area contributed by atoms with Gasteiger partial charge in [-0.25, -0.2) is 0 Å². The predicted octanol–water partition coefficient (Wildman–Crippen LogP) is 3.93. The van der Waals surface area contributed by atoms with E-state index in [1.165, 1.54) is 18.2 Å². The summed E-state index contributed by atoms with van der Waals surface area (Å²) < 4.78 is 5.98. The maximum atomic E-state index is 11.4. The average molecular weight is 335 g/mol. The number of aryl methyl sites for hydroxylation is 1. The SMILES string of the molecule is Cc1cc(COc2cc(Cl)c(Cl)cc2Cl)n(O)c(=O)c1. The highest BCUT2D eigenvalue weighted by Crippen LogP contribution is 2.34. The van der Waals surface area contributed by atoms with E-state index in [2.05, 4.69) is 0 Å². The molecule has 106 valence electrons. The third-order valence-corrected chi connectivity index (χ3v) is 3.59. The highest BCUT2D eigenvalue weighted by atomic mass is 35.5. The molecule has 0 saturated heterocycles. The van der Waals surface area contributed by atoms with Crippen LogP contribution < -0.4 is 10.3 Å². The van der Waals surface area contributed by atoms with Crippen LogP contribution in [-0.4, -0.2) is 9.94 Å². The summed E-state index contributed by atoms with van der Waals surface area (Å²) in [5, 5.41) is 10.5. The van der Waals surface area contributed by atoms with Gasteiger partial charge in [0.05, 0.1) is 20.8 Å². The zero-order valence-electron chi connectivity index (χ0n) is 10.4. The van der Waals surface area contributed by atoms with Gasteiger partial charge in [-0.15, -0.1) is 4.73 Å². The molecule has 0 aliphatic rings. The molecular weight excluding hydrogens is 325 g/mol. The summed E-state index contributed by atoms with van der Waals surface area (Å²) in [6, 6.07) is 5.88. The van der Waals surface area contributed by atoms with E-state index in [1.54, 1.807) is 13.0 Å². The first-order valence-corrected chi connectivity index (χ1v) is 6.71. The van der Waals surface area contributed by atoms with Crippen LogP contribution in [0.5, 0.6) is 5.75 Å². The second kappa shape index (κ2) is 5.95. The minimum atomic E-state index is -0.524. The number of hydrogen-bond donors (Lipinski definition) is 1. The number of halogens is 3. The van der Waals surface area contributed by atoms with Crippen molar-refractivity contribution in [2.75, 3.05) is 0 Å². The fraction of sp³-hybridized carbons (Fsp3) is 0.154. The summed E-state index contributed by atoms with van der Waals surface area (Å²) in [7, 11) is 0. The molecule has 0 spiro atoms. The van der Waals surface area contributed by atoms with Crippen LogP contribution in [0.4, 0.5) is 0 Å². The summed E-state index contributed by atoms with van der Waals surface area (Å²) in [5.74, 6) is 0.315. The van der Waals surface area contributed by atoms with Gasteiger partial charge in [-0.3, -0.25) is 4.79 Å². The number of rotatable bonds is 3. The highest BCUT2D eigenvalue weighted by Gasteiger charge is 2.09. The van der Waals surface area contributed by atoms with Gasteiger partial charge in [0.15, 0.2) is 0 Å². The molecule has 1 heterocycles. The fourth-order valence-corrected chi connectivity index (χ4v) is 2.22. The molecule has 0 unspecified atom stereocenters. The monoisotopic (exact) mass is 333 g/mol. The van der Waals surface area contributed by atoms with Gasteiger partial charge in [-0.2, -0.15) is 0 Å². The van der Waals surface area contributed by atoms with E-state index in [9.17, 15) is 10.0 Å². The molecule has 20 heavy (non-hydrogen) atoms. The number of aromatic nitrogens is 1. The van der Waals surface area contributed by atoms with Crippen LogP contribution in [0.1, 0.15) is 11.3 Å². The van der Waals surface area contributed by atoms with E-state index in [1.807, 2.05) is 0 Å². The van der Waals surface area contributed by atoms with Crippen molar-refractivity contribution >= 4 is 34.8 Å². The van der Waals surface area contributed by atoms with Crippen LogP contribution in [-0.2, 0) is 6.61 Å². The quantitative estimate of drug-likeness (QED) is 0.683. The van der Waals surface area contributed by atoms with Crippen molar-refractivity contribution in [2.45, 2.75) is 13.5 Å². The lowest BCUT2D eigenvalue weighted by atomic mass is 10.2. The van der Waals surface area contributed by atoms with Crippen molar-refractivity contribution in [3.05, 3.63) is 60.9 Å². The second-order valence-corrected chi connectivity index (χ2v) is 5.38. The first-order chi connectivity index (χ1) is 9.38. The number of benzene rings is 1. The summed E-state index contributed by atoms with van der Waals surface area (Å²) in [5.41, 5.74) is 0.500. The minimum absolute atomic E-state index is 0.0366. The van der Waals surface area contributed by atoms with Crippen LogP contribution in [0.25, 0.3) is 0 Å². The molecule has 0 aliphatic carbocycles. The van der Waals surface area contributed by atoms with E-state index in [0.29, 0.717) is 31.2 Å². The number of hydrogen-bond acceptors (Lipinski definition) is 3. The van der Waals surface area contributed by atoms with Gasteiger partial charge in [-0.05, 0) is 24.6 Å². The van der Waals surface area contributed by atoms with Gasteiger partial charge in [0, 0.05) is 12.1 Å². The smallest absolute Gasteiger partial charge is 0.283 e. The molecular formula is C13H10Cl3NO3. The molecule has 2 rings (SSSR count). The normalized spacial score (nSPS) is 10.6. The summed E-state index contributed by atoms with van der Waals surface area (Å²) in [6.45, 7) is 1.71. The van der Waals surface area contributed by atoms with Crippen molar-refractivity contribution in [3.63, 3.8) is 0 Å². The van der Waals surface area contributed by atoms with Crippen molar-refractivity contribution in [3.8, 4) is 5.75 Å². The molecule has 1 aromatic carbocycles. The van der Waals surface area contributed by atoms with Crippen LogP contribution in [0.3, 0.4) is 0 Å². The van der Waals surface area contributed by atoms with E-state index in [0.717, 1.165) is 5.56 Å². The third-order valence-electron chi connectivity index (χ3n) is 2.58. The molecule has 0 radical (unpaired) electrons. The molecule has 0 atom stereocenters. The Morgan fingerprint density at radius 1 is 1.10 bits per heavy atom. The van der Waals surface area contributed by atoms with Crippen LogP contribution >= 0.6 is 34.8 Å². The topological polar surface area (TPSA) is 51.5 Å². The highest BCUT2D eigenvalue weighted by molar-refractivity contribution is 6.43. The molecule has 7 heteroatoms. The maximum absolute atomic E-state index is 11.4. The number of ether oxygens (including phenoxy) is 1. The summed E-state index contributed by atoms with van der Waals surface area (Å²) >= 11 is 17.7. The van der Waals surface area contributed by atoms with Crippen molar-refractivity contribution < 1.29 is 9.94 Å². The van der Waals surface area contributed by atoms with Gasteiger partial charge in [-0.1, -0.05) is 34.8 Å². The molecule has 2 aromatic rings. The Morgan fingerprint density at radius 3 is 2.45 bits per heavy atom. The maximum Gasteiger partial charge on any atom is 0.283 e. The molecule has 0 fully saturated rings. The Bertz CT molecular complexity index is 713. The van der Waals surface area contributed by atoms with Gasteiger partial charge < -0.3 is 9.94 Å². The summed E-state index contributed by atoms with van der Waals surface area (Å²) in [6.07, 6.45) is 0. The first-order valence-electron chi connectivity index (χ1n) is 5.57. The minimum Gasteiger partial charge on any atom is -0.486 e. The molecule has 1 N–H and O–H groups in total. The van der Waals surface area contributed by atoms with Gasteiger partial charge in [0.25, 0.3) is 5.56 Å². The van der Waals surface area contributed by atoms with Crippen molar-refractivity contribution in [1.29, 1.82) is 0 Å². The third kappa shape index (κ3) is 3.20. The van der Waals surface area contributed by atoms with E-state index in [4.69, 9.17) is 39.5 Å². The van der Waals surface area contributed by atoms with E-state index >= 15 is 0 Å². The lowest BCUT2D eigenvalue weighted by molar-refractivity contribution is 0.147. The Labute approximate surface area is 130 Å². The predicted molar refractivity (Wildman–Crippen MR) is 78.4 cm³/mol. The van der Waals surface area contributed by atoms with E-state index < -0.39 is 5.56 Å². The molecule has 0 saturated carbocycles. The molecule has 4 nitrogen and oxygen atoms in total. The molecule has 0 aliphatic heterocycles. The molecule has 1 aromatic heterocycles. The average Bonchev–Trinajstić information content (AvgIpc) is 2.37. The number of pyridine rings is 1. The lowest BCUT2D eigenvalue weighted by Crippen LogP contribution is -2.21. The first kappa shape index (κ1) is 15.0. The molecule has 0 amide bonds. The van der Waals surface area contributed by atoms with Gasteiger partial charge in [0.2, 0.25) is 0 Å². The Morgan fingerprint density at radius 2 is 1.75 bits per heavy atom. The van der Waals surface area contributed by atoms with Crippen LogP contribution in [0.15, 0.2) is 29.1 Å². The number of nitrogens with zero attached hydrogens (tertiary/aromatic N) is 1. The van der Waals surface area contributed by atoms with Crippen LogP contribution in [0.2, 0.25) is 15.1 Å². The zero-order chi connectivity index (χ0) is 14.9. The standard InChI is InChI=1S/C13H10Cl3NO3/c1-7-2-8(17(19)13(18)3-7)6-20-12-5-10(15)9(14)4-11(12)16/h2-5,19H,6H2,1H3. The molecule has 0 bridgehead atoms. The zero-order valence-corrected chi connectivity index (χ0v) is 12.6. The van der Waals surface area contributed by atoms with Crippen LogP contribution in [0, 0.1) is 6.92 Å². The Balaban J connectivity index is 2.25. The Hall–Kier alpha value is -1.36.